The van der Waals surface area contributed by atoms with E-state index in [0.29, 0.717) is 11.6 Å². The Balaban J connectivity index is 1.63. The van der Waals surface area contributed by atoms with Crippen molar-refractivity contribution in [3.63, 3.8) is 0 Å². The van der Waals surface area contributed by atoms with Crippen LogP contribution in [0.1, 0.15) is 5.56 Å². The van der Waals surface area contributed by atoms with Gasteiger partial charge in [-0.05, 0) is 23.3 Å². The highest BCUT2D eigenvalue weighted by atomic mass is 35.5. The van der Waals surface area contributed by atoms with Gasteiger partial charge in [-0.1, -0.05) is 84.4 Å². The molecule has 146 valence electrons. The highest BCUT2D eigenvalue weighted by molar-refractivity contribution is 6.30. The Kier molecular flexibility index (Phi) is 4.91. The van der Waals surface area contributed by atoms with Crippen LogP contribution >= 0.6 is 11.6 Å². The van der Waals surface area contributed by atoms with E-state index in [0.717, 1.165) is 33.8 Å². The predicted molar refractivity (Wildman–Crippen MR) is 123 cm³/mol. The highest BCUT2D eigenvalue weighted by Crippen LogP contribution is 2.29. The minimum absolute atomic E-state index is 0.699. The fraction of sp³-hybridized carbons (Fsp3) is 0.0400. The smallest absolute Gasteiger partial charge is 0.165 e. The molecule has 0 atom stereocenters. The second-order valence-electron chi connectivity index (χ2n) is 7.03. The number of halogens is 1. The Morgan fingerprint density at radius 3 is 2.23 bits per heavy atom. The van der Waals surface area contributed by atoms with Crippen molar-refractivity contribution in [3.05, 3.63) is 108 Å². The number of anilines is 1. The Morgan fingerprint density at radius 1 is 0.800 bits per heavy atom. The number of hydrogen-bond acceptors (Lipinski definition) is 3. The third kappa shape index (κ3) is 3.65. The van der Waals surface area contributed by atoms with Crippen LogP contribution in [0.2, 0.25) is 5.02 Å². The fourth-order valence-corrected chi connectivity index (χ4v) is 3.59. The second-order valence-corrected chi connectivity index (χ2v) is 7.47. The maximum Gasteiger partial charge on any atom is 0.165 e. The van der Waals surface area contributed by atoms with Gasteiger partial charge < -0.3 is 5.32 Å². The molecule has 0 bridgehead atoms. The summed E-state index contributed by atoms with van der Waals surface area (Å²) in [5, 5.41) is 8.86. The van der Waals surface area contributed by atoms with Crippen LogP contribution in [0.5, 0.6) is 0 Å². The minimum Gasteiger partial charge on any atom is -0.366 e. The normalized spacial score (nSPS) is 11.0. The molecule has 0 fully saturated rings. The van der Waals surface area contributed by atoms with Gasteiger partial charge in [-0.25, -0.2) is 4.98 Å². The zero-order valence-electron chi connectivity index (χ0n) is 16.2. The number of fused-ring (bicyclic) bond motifs is 1. The lowest BCUT2D eigenvalue weighted by Crippen LogP contribution is -2.06. The number of nitrogens with zero attached hydrogens (tertiary/aromatic N) is 3. The molecule has 30 heavy (non-hydrogen) atoms. The lowest BCUT2D eigenvalue weighted by molar-refractivity contribution is 0.927. The summed E-state index contributed by atoms with van der Waals surface area (Å²) < 4.78 is 1.86. The van der Waals surface area contributed by atoms with Crippen LogP contribution in [-0.2, 0) is 6.54 Å². The van der Waals surface area contributed by atoms with Gasteiger partial charge in [-0.3, -0.25) is 0 Å². The molecule has 0 amide bonds. The van der Waals surface area contributed by atoms with Crippen LogP contribution < -0.4 is 5.32 Å². The molecule has 5 heteroatoms. The first-order valence-corrected chi connectivity index (χ1v) is 10.1. The number of rotatable bonds is 5. The Hall–Kier alpha value is -3.63. The van der Waals surface area contributed by atoms with Gasteiger partial charge in [-0.2, -0.15) is 9.61 Å². The molecule has 1 N–H and O–H groups in total. The molecule has 0 aliphatic carbocycles. The van der Waals surface area contributed by atoms with Crippen LogP contribution in [0.25, 0.3) is 28.0 Å². The SMILES string of the molecule is Clc1ccc(-c2cnn3c(NCc4ccccc4)cc(-c4ccccc4)nc23)cc1. The van der Waals surface area contributed by atoms with Crippen LogP contribution in [0.4, 0.5) is 5.82 Å². The van der Waals surface area contributed by atoms with Gasteiger partial charge >= 0.3 is 0 Å². The average Bonchev–Trinajstić information content (AvgIpc) is 3.23. The average molecular weight is 411 g/mol. The Labute approximate surface area is 179 Å². The van der Waals surface area contributed by atoms with Crippen molar-refractivity contribution in [2.75, 3.05) is 5.32 Å². The van der Waals surface area contributed by atoms with E-state index in [9.17, 15) is 0 Å². The summed E-state index contributed by atoms with van der Waals surface area (Å²) in [6.45, 7) is 0.699. The van der Waals surface area contributed by atoms with E-state index in [1.807, 2.05) is 77.4 Å². The molecule has 0 radical (unpaired) electrons. The zero-order valence-corrected chi connectivity index (χ0v) is 16.9. The van der Waals surface area contributed by atoms with Crippen LogP contribution in [0.15, 0.2) is 97.2 Å². The van der Waals surface area contributed by atoms with Gasteiger partial charge in [0.2, 0.25) is 0 Å². The van der Waals surface area contributed by atoms with Gasteiger partial charge in [0.25, 0.3) is 0 Å². The lowest BCUT2D eigenvalue weighted by atomic mass is 10.1. The third-order valence-electron chi connectivity index (χ3n) is 5.01. The van der Waals surface area contributed by atoms with Crippen molar-refractivity contribution < 1.29 is 0 Å². The molecule has 0 spiro atoms. The maximum atomic E-state index is 6.07. The molecular formula is C25H19ClN4. The first kappa shape index (κ1) is 18.4. The molecule has 0 saturated heterocycles. The molecule has 0 saturated carbocycles. The largest absolute Gasteiger partial charge is 0.366 e. The first-order chi connectivity index (χ1) is 14.8. The van der Waals surface area contributed by atoms with Crippen molar-refractivity contribution in [2.24, 2.45) is 0 Å². The fourth-order valence-electron chi connectivity index (χ4n) is 3.47. The molecule has 2 aromatic heterocycles. The Bertz CT molecular complexity index is 1280. The molecule has 2 heterocycles. The minimum atomic E-state index is 0.699. The van der Waals surface area contributed by atoms with E-state index >= 15 is 0 Å². The van der Waals surface area contributed by atoms with Gasteiger partial charge in [0.05, 0.1) is 11.9 Å². The van der Waals surface area contributed by atoms with E-state index in [-0.39, 0.29) is 0 Å². The second kappa shape index (κ2) is 8.01. The van der Waals surface area contributed by atoms with Crippen molar-refractivity contribution >= 4 is 23.1 Å². The van der Waals surface area contributed by atoms with Gasteiger partial charge in [0, 0.05) is 28.8 Å². The monoisotopic (exact) mass is 410 g/mol. The summed E-state index contributed by atoms with van der Waals surface area (Å²) >= 11 is 6.07. The summed E-state index contributed by atoms with van der Waals surface area (Å²) in [5.41, 5.74) is 5.96. The summed E-state index contributed by atoms with van der Waals surface area (Å²) in [7, 11) is 0. The topological polar surface area (TPSA) is 42.2 Å². The van der Waals surface area contributed by atoms with Gasteiger partial charge in [0.1, 0.15) is 5.82 Å². The van der Waals surface area contributed by atoms with Crippen LogP contribution in [0, 0.1) is 0 Å². The zero-order chi connectivity index (χ0) is 20.3. The van der Waals surface area contributed by atoms with Crippen molar-refractivity contribution in [1.82, 2.24) is 14.6 Å². The first-order valence-electron chi connectivity index (χ1n) is 9.76. The van der Waals surface area contributed by atoms with E-state index in [1.54, 1.807) is 0 Å². The number of hydrogen-bond donors (Lipinski definition) is 1. The highest BCUT2D eigenvalue weighted by Gasteiger charge is 2.14. The van der Waals surface area contributed by atoms with Gasteiger partial charge in [-0.15, -0.1) is 0 Å². The third-order valence-corrected chi connectivity index (χ3v) is 5.27. The molecule has 0 aliphatic heterocycles. The lowest BCUT2D eigenvalue weighted by Gasteiger charge is -2.11. The summed E-state index contributed by atoms with van der Waals surface area (Å²) in [4.78, 5) is 4.95. The molecule has 0 aliphatic rings. The number of benzene rings is 3. The Morgan fingerprint density at radius 2 is 1.50 bits per heavy atom. The van der Waals surface area contributed by atoms with Gasteiger partial charge in [0.15, 0.2) is 5.65 Å². The molecule has 4 nitrogen and oxygen atoms in total. The van der Waals surface area contributed by atoms with Crippen LogP contribution in [0.3, 0.4) is 0 Å². The van der Waals surface area contributed by atoms with E-state index in [4.69, 9.17) is 16.6 Å². The summed E-state index contributed by atoms with van der Waals surface area (Å²) in [6, 6.07) is 30.3. The van der Waals surface area contributed by atoms with E-state index in [1.165, 1.54) is 5.56 Å². The van der Waals surface area contributed by atoms with Crippen LogP contribution in [-0.4, -0.2) is 14.6 Å². The van der Waals surface area contributed by atoms with Crippen molar-refractivity contribution in [3.8, 4) is 22.4 Å². The molecule has 5 aromatic rings. The van der Waals surface area contributed by atoms with Crippen molar-refractivity contribution in [1.29, 1.82) is 0 Å². The summed E-state index contributed by atoms with van der Waals surface area (Å²) in [5.74, 6) is 0.892. The number of aromatic nitrogens is 3. The molecule has 5 rings (SSSR count). The predicted octanol–water partition coefficient (Wildman–Crippen LogP) is 6.33. The van der Waals surface area contributed by atoms with E-state index < -0.39 is 0 Å². The molecular weight excluding hydrogens is 392 g/mol. The summed E-state index contributed by atoms with van der Waals surface area (Å²) in [6.07, 6.45) is 1.86. The molecule has 0 unspecified atom stereocenters. The molecule has 3 aromatic carbocycles. The van der Waals surface area contributed by atoms with Crippen molar-refractivity contribution in [2.45, 2.75) is 6.54 Å². The quantitative estimate of drug-likeness (QED) is 0.368. The maximum absolute atomic E-state index is 6.07. The van der Waals surface area contributed by atoms with E-state index in [2.05, 4.69) is 34.7 Å². The number of nitrogens with one attached hydrogen (secondary N) is 1. The standard InChI is InChI=1S/C25H19ClN4/c26-21-13-11-19(12-14-21)22-17-28-30-24(27-16-18-7-3-1-4-8-18)15-23(29-25(22)30)20-9-5-2-6-10-20/h1-15,17,27H,16H2.